The molecule has 0 saturated heterocycles. The molecule has 0 spiro atoms. The van der Waals surface area contributed by atoms with Gasteiger partial charge in [0.05, 0.1) is 12.9 Å². The lowest BCUT2D eigenvalue weighted by Crippen LogP contribution is -2.08. The standard InChI is InChI=1S/C25H22ClN3O3S/c1-17-3-11-22(12-4-17)32-15-24-27-28-25(29(24)20-9-13-21(31-2)14-10-20)33-16-23(30)18-5-7-19(26)8-6-18/h3-14H,15-16H2,1-2H3. The molecule has 1 heterocycles. The van der Waals surface area contributed by atoms with Crippen molar-refractivity contribution in [2.45, 2.75) is 18.7 Å². The number of carbonyl (C=O) groups excluding carboxylic acids is 1. The lowest BCUT2D eigenvalue weighted by atomic mass is 10.1. The van der Waals surface area contributed by atoms with Crippen LogP contribution in [0.1, 0.15) is 21.7 Å². The van der Waals surface area contributed by atoms with E-state index in [1.165, 1.54) is 11.8 Å². The number of ether oxygens (including phenoxy) is 2. The summed E-state index contributed by atoms with van der Waals surface area (Å²) in [5, 5.41) is 9.87. The first-order chi connectivity index (χ1) is 16.0. The second-order valence-corrected chi connectivity index (χ2v) is 8.63. The summed E-state index contributed by atoms with van der Waals surface area (Å²) in [6.45, 7) is 2.26. The molecule has 0 amide bonds. The fourth-order valence-corrected chi connectivity index (χ4v) is 4.10. The molecule has 0 atom stereocenters. The molecular formula is C25H22ClN3O3S. The van der Waals surface area contributed by atoms with Crippen molar-refractivity contribution in [1.29, 1.82) is 0 Å². The molecule has 0 fully saturated rings. The van der Waals surface area contributed by atoms with Gasteiger partial charge in [-0.1, -0.05) is 41.1 Å². The van der Waals surface area contributed by atoms with Crippen molar-refractivity contribution in [2.24, 2.45) is 0 Å². The van der Waals surface area contributed by atoms with E-state index < -0.39 is 0 Å². The average molecular weight is 480 g/mol. The number of nitrogens with zero attached hydrogens (tertiary/aromatic N) is 3. The third-order valence-electron chi connectivity index (χ3n) is 4.92. The molecule has 0 N–H and O–H groups in total. The third-order valence-corrected chi connectivity index (χ3v) is 6.10. The van der Waals surface area contributed by atoms with Crippen LogP contribution in [-0.4, -0.2) is 33.4 Å². The van der Waals surface area contributed by atoms with Crippen LogP contribution < -0.4 is 9.47 Å². The van der Waals surface area contributed by atoms with Gasteiger partial charge in [0.15, 0.2) is 16.8 Å². The molecule has 6 nitrogen and oxygen atoms in total. The van der Waals surface area contributed by atoms with Gasteiger partial charge in [0.1, 0.15) is 18.1 Å². The summed E-state index contributed by atoms with van der Waals surface area (Å²) in [6.07, 6.45) is 0. The summed E-state index contributed by atoms with van der Waals surface area (Å²) in [5.74, 6) is 2.32. The zero-order valence-corrected chi connectivity index (χ0v) is 19.8. The van der Waals surface area contributed by atoms with E-state index in [1.54, 1.807) is 31.4 Å². The molecule has 0 saturated carbocycles. The number of Topliss-reactive ketones (excluding diaryl/α,β-unsaturated/α-hetero) is 1. The van der Waals surface area contributed by atoms with E-state index in [-0.39, 0.29) is 18.1 Å². The third kappa shape index (κ3) is 5.74. The van der Waals surface area contributed by atoms with Crippen LogP contribution in [0.25, 0.3) is 5.69 Å². The van der Waals surface area contributed by atoms with Gasteiger partial charge in [0.25, 0.3) is 0 Å². The largest absolute Gasteiger partial charge is 0.497 e. The predicted molar refractivity (Wildman–Crippen MR) is 130 cm³/mol. The van der Waals surface area contributed by atoms with E-state index in [0.717, 1.165) is 22.7 Å². The SMILES string of the molecule is COc1ccc(-n2c(COc3ccc(C)cc3)nnc2SCC(=O)c2ccc(Cl)cc2)cc1. The number of thioether (sulfide) groups is 1. The van der Waals surface area contributed by atoms with E-state index in [0.29, 0.717) is 21.6 Å². The Morgan fingerprint density at radius 3 is 2.27 bits per heavy atom. The number of rotatable bonds is 9. The number of methoxy groups -OCH3 is 1. The van der Waals surface area contributed by atoms with Crippen molar-refractivity contribution >= 4 is 29.1 Å². The van der Waals surface area contributed by atoms with E-state index in [2.05, 4.69) is 10.2 Å². The molecule has 0 aliphatic carbocycles. The van der Waals surface area contributed by atoms with Crippen molar-refractivity contribution in [3.8, 4) is 17.2 Å². The summed E-state index contributed by atoms with van der Waals surface area (Å²) in [7, 11) is 1.62. The Labute approximate surface area is 201 Å². The Morgan fingerprint density at radius 1 is 0.939 bits per heavy atom. The number of hydrogen-bond acceptors (Lipinski definition) is 6. The van der Waals surface area contributed by atoms with Crippen molar-refractivity contribution in [1.82, 2.24) is 14.8 Å². The quantitative estimate of drug-likeness (QED) is 0.223. The molecule has 0 unspecified atom stereocenters. The van der Waals surface area contributed by atoms with Crippen molar-refractivity contribution in [3.63, 3.8) is 0 Å². The van der Waals surface area contributed by atoms with Gasteiger partial charge in [-0.25, -0.2) is 0 Å². The molecule has 0 aliphatic rings. The van der Waals surface area contributed by atoms with Gasteiger partial charge in [-0.2, -0.15) is 0 Å². The zero-order chi connectivity index (χ0) is 23.2. The van der Waals surface area contributed by atoms with Gasteiger partial charge in [-0.3, -0.25) is 9.36 Å². The van der Waals surface area contributed by atoms with Crippen LogP contribution in [0.15, 0.2) is 78.0 Å². The average Bonchev–Trinajstić information content (AvgIpc) is 3.25. The van der Waals surface area contributed by atoms with Crippen LogP contribution in [0.4, 0.5) is 0 Å². The molecule has 8 heteroatoms. The lowest BCUT2D eigenvalue weighted by Gasteiger charge is -2.12. The zero-order valence-electron chi connectivity index (χ0n) is 18.2. The molecule has 3 aromatic carbocycles. The summed E-state index contributed by atoms with van der Waals surface area (Å²) in [4.78, 5) is 12.6. The van der Waals surface area contributed by atoms with Gasteiger partial charge in [0.2, 0.25) is 0 Å². The second kappa shape index (κ2) is 10.6. The predicted octanol–water partition coefficient (Wildman–Crippen LogP) is 5.79. The van der Waals surface area contributed by atoms with Gasteiger partial charge in [-0.05, 0) is 67.6 Å². The summed E-state index contributed by atoms with van der Waals surface area (Å²) >= 11 is 7.25. The Hall–Kier alpha value is -3.29. The number of benzene rings is 3. The van der Waals surface area contributed by atoms with E-state index in [4.69, 9.17) is 21.1 Å². The van der Waals surface area contributed by atoms with Crippen LogP contribution in [0.5, 0.6) is 11.5 Å². The summed E-state index contributed by atoms with van der Waals surface area (Å²) in [5.41, 5.74) is 2.61. The monoisotopic (exact) mass is 479 g/mol. The molecule has 33 heavy (non-hydrogen) atoms. The lowest BCUT2D eigenvalue weighted by molar-refractivity contribution is 0.102. The topological polar surface area (TPSA) is 66.2 Å². The molecule has 4 aromatic rings. The molecule has 4 rings (SSSR count). The van der Waals surface area contributed by atoms with Crippen LogP contribution in [-0.2, 0) is 6.61 Å². The smallest absolute Gasteiger partial charge is 0.196 e. The molecule has 0 aliphatic heterocycles. The number of carbonyl (C=O) groups is 1. The maximum atomic E-state index is 12.6. The fraction of sp³-hybridized carbons (Fsp3) is 0.160. The van der Waals surface area contributed by atoms with Crippen LogP contribution in [0, 0.1) is 6.92 Å². The highest BCUT2D eigenvalue weighted by atomic mass is 35.5. The van der Waals surface area contributed by atoms with Crippen molar-refractivity contribution in [2.75, 3.05) is 12.9 Å². The maximum Gasteiger partial charge on any atom is 0.196 e. The van der Waals surface area contributed by atoms with Crippen LogP contribution in [0.3, 0.4) is 0 Å². The minimum atomic E-state index is -0.0154. The Kier molecular flexibility index (Phi) is 7.32. The van der Waals surface area contributed by atoms with Gasteiger partial charge >= 0.3 is 0 Å². The molecular weight excluding hydrogens is 458 g/mol. The highest BCUT2D eigenvalue weighted by Crippen LogP contribution is 2.25. The van der Waals surface area contributed by atoms with E-state index in [1.807, 2.05) is 60.0 Å². The van der Waals surface area contributed by atoms with Gasteiger partial charge in [0, 0.05) is 16.3 Å². The Balaban J connectivity index is 1.56. The first-order valence-electron chi connectivity index (χ1n) is 10.2. The number of halogens is 1. The Bertz CT molecular complexity index is 1220. The highest BCUT2D eigenvalue weighted by molar-refractivity contribution is 7.99. The normalized spacial score (nSPS) is 10.8. The van der Waals surface area contributed by atoms with Gasteiger partial charge < -0.3 is 9.47 Å². The Morgan fingerprint density at radius 2 is 1.61 bits per heavy atom. The molecule has 0 radical (unpaired) electrons. The van der Waals surface area contributed by atoms with E-state index in [9.17, 15) is 4.79 Å². The highest BCUT2D eigenvalue weighted by Gasteiger charge is 2.17. The van der Waals surface area contributed by atoms with Gasteiger partial charge in [-0.15, -0.1) is 10.2 Å². The minimum absolute atomic E-state index is 0.0154. The van der Waals surface area contributed by atoms with E-state index >= 15 is 0 Å². The summed E-state index contributed by atoms with van der Waals surface area (Å²) in [6, 6.07) is 22.3. The number of aryl methyl sites for hydroxylation is 1. The first kappa shape index (κ1) is 22.9. The second-order valence-electron chi connectivity index (χ2n) is 7.25. The molecule has 168 valence electrons. The first-order valence-corrected chi connectivity index (χ1v) is 11.6. The van der Waals surface area contributed by atoms with Crippen LogP contribution in [0.2, 0.25) is 5.02 Å². The number of aromatic nitrogens is 3. The number of ketones is 1. The van der Waals surface area contributed by atoms with Crippen molar-refractivity contribution in [3.05, 3.63) is 94.8 Å². The van der Waals surface area contributed by atoms with Crippen molar-refractivity contribution < 1.29 is 14.3 Å². The maximum absolute atomic E-state index is 12.6. The van der Waals surface area contributed by atoms with Crippen LogP contribution >= 0.6 is 23.4 Å². The summed E-state index contributed by atoms with van der Waals surface area (Å²) < 4.78 is 13.1. The number of hydrogen-bond donors (Lipinski definition) is 0. The molecule has 1 aromatic heterocycles. The fourth-order valence-electron chi connectivity index (χ4n) is 3.11. The molecule has 0 bridgehead atoms. The minimum Gasteiger partial charge on any atom is -0.497 e.